The number of benzene rings is 2. The number of likely N-dealkylation sites (tertiary alicyclic amines) is 2. The molecule has 2 aromatic rings. The van der Waals surface area contributed by atoms with Gasteiger partial charge in [-0.2, -0.15) is 0 Å². The van der Waals surface area contributed by atoms with Crippen molar-refractivity contribution in [3.8, 4) is 0 Å². The monoisotopic (exact) mass is 371 g/mol. The first-order valence-electron chi connectivity index (χ1n) is 9.84. The summed E-state index contributed by atoms with van der Waals surface area (Å²) in [5.74, 6) is 0.785. The second kappa shape index (κ2) is 8.88. The van der Waals surface area contributed by atoms with Crippen LogP contribution in [-0.2, 0) is 6.42 Å². The van der Waals surface area contributed by atoms with Gasteiger partial charge in [0, 0.05) is 25.6 Å². The van der Waals surface area contributed by atoms with Gasteiger partial charge in [0.2, 0.25) is 0 Å². The van der Waals surface area contributed by atoms with E-state index in [2.05, 4.69) is 52.3 Å². The van der Waals surface area contributed by atoms with Gasteiger partial charge in [-0.3, -0.25) is 5.41 Å². The van der Waals surface area contributed by atoms with Crippen molar-refractivity contribution in [2.45, 2.75) is 44.6 Å². The predicted octanol–water partition coefficient (Wildman–Crippen LogP) is 4.73. The molecule has 0 spiro atoms. The highest BCUT2D eigenvalue weighted by atomic mass is 35.5. The van der Waals surface area contributed by atoms with Gasteiger partial charge < -0.3 is 9.80 Å². The number of rotatable bonds is 3. The standard InChI is InChI=1S/C22H29N3.ClH/c23-22(17-18-8-9-19-6-2-3-7-20(19)16-18)25-14-10-21(11-15-25)24-12-4-1-5-13-24;/h2-3,6-9,16,21,23H,1,4-5,10-15,17H2;1H. The average molecular weight is 372 g/mol. The normalized spacial score (nSPS) is 19.3. The van der Waals surface area contributed by atoms with E-state index >= 15 is 0 Å². The fourth-order valence-corrected chi connectivity index (χ4v) is 4.44. The van der Waals surface area contributed by atoms with E-state index in [0.717, 1.165) is 31.4 Å². The number of nitrogens with zero attached hydrogens (tertiary/aromatic N) is 2. The molecule has 0 unspecified atom stereocenters. The molecule has 0 amide bonds. The average Bonchev–Trinajstić information content (AvgIpc) is 2.69. The van der Waals surface area contributed by atoms with Crippen LogP contribution in [0.25, 0.3) is 10.8 Å². The SMILES string of the molecule is Cl.N=C(Cc1ccc2ccccc2c1)N1CCC(N2CCCCC2)CC1. The van der Waals surface area contributed by atoms with Crippen molar-refractivity contribution in [1.82, 2.24) is 9.80 Å². The molecule has 2 saturated heterocycles. The lowest BCUT2D eigenvalue weighted by atomic mass is 9.99. The molecular formula is C22H30ClN3. The maximum Gasteiger partial charge on any atom is 0.100 e. The van der Waals surface area contributed by atoms with Crippen molar-refractivity contribution in [3.63, 3.8) is 0 Å². The Bertz CT molecular complexity index is 731. The van der Waals surface area contributed by atoms with Crippen LogP contribution in [0.3, 0.4) is 0 Å². The number of nitrogens with one attached hydrogen (secondary N) is 1. The maximum absolute atomic E-state index is 8.55. The number of amidine groups is 1. The van der Waals surface area contributed by atoms with Crippen LogP contribution >= 0.6 is 12.4 Å². The Kier molecular flexibility index (Phi) is 6.55. The van der Waals surface area contributed by atoms with Gasteiger partial charge in [0.1, 0.15) is 5.84 Å². The molecule has 0 bridgehead atoms. The Morgan fingerprint density at radius 1 is 0.885 bits per heavy atom. The third-order valence-electron chi connectivity index (χ3n) is 5.94. The van der Waals surface area contributed by atoms with E-state index in [4.69, 9.17) is 5.41 Å². The number of halogens is 1. The number of fused-ring (bicyclic) bond motifs is 1. The second-order valence-corrected chi connectivity index (χ2v) is 7.62. The van der Waals surface area contributed by atoms with Crippen molar-refractivity contribution in [2.24, 2.45) is 0 Å². The minimum Gasteiger partial charge on any atom is -0.360 e. The number of hydrogen-bond acceptors (Lipinski definition) is 2. The highest BCUT2D eigenvalue weighted by molar-refractivity contribution is 5.86. The zero-order valence-corrected chi connectivity index (χ0v) is 16.3. The summed E-state index contributed by atoms with van der Waals surface area (Å²) < 4.78 is 0. The van der Waals surface area contributed by atoms with Crippen molar-refractivity contribution in [3.05, 3.63) is 48.0 Å². The van der Waals surface area contributed by atoms with Crippen LogP contribution in [0, 0.1) is 5.41 Å². The summed E-state index contributed by atoms with van der Waals surface area (Å²) in [5, 5.41) is 11.1. The van der Waals surface area contributed by atoms with Crippen molar-refractivity contribution < 1.29 is 0 Å². The summed E-state index contributed by atoms with van der Waals surface area (Å²) in [6.07, 6.45) is 7.35. The summed E-state index contributed by atoms with van der Waals surface area (Å²) >= 11 is 0. The highest BCUT2D eigenvalue weighted by Crippen LogP contribution is 2.22. The molecule has 2 fully saturated rings. The third-order valence-corrected chi connectivity index (χ3v) is 5.94. The Labute approximate surface area is 163 Å². The van der Waals surface area contributed by atoms with Crippen LogP contribution < -0.4 is 0 Å². The molecule has 0 atom stereocenters. The molecular weight excluding hydrogens is 342 g/mol. The molecule has 0 aromatic heterocycles. The lowest BCUT2D eigenvalue weighted by Crippen LogP contribution is -2.48. The van der Waals surface area contributed by atoms with Gasteiger partial charge in [0.15, 0.2) is 0 Å². The van der Waals surface area contributed by atoms with E-state index < -0.39 is 0 Å². The summed E-state index contributed by atoms with van der Waals surface area (Å²) in [5.41, 5.74) is 1.25. The smallest absolute Gasteiger partial charge is 0.100 e. The molecule has 140 valence electrons. The zero-order valence-electron chi connectivity index (χ0n) is 15.5. The van der Waals surface area contributed by atoms with E-state index in [1.807, 2.05) is 0 Å². The van der Waals surface area contributed by atoms with E-state index in [1.54, 1.807) is 0 Å². The lowest BCUT2D eigenvalue weighted by Gasteiger charge is -2.41. The first-order chi connectivity index (χ1) is 12.3. The lowest BCUT2D eigenvalue weighted by molar-refractivity contribution is 0.114. The zero-order chi connectivity index (χ0) is 17.1. The van der Waals surface area contributed by atoms with Crippen LogP contribution in [0.1, 0.15) is 37.7 Å². The fraction of sp³-hybridized carbons (Fsp3) is 0.500. The molecule has 0 radical (unpaired) electrons. The molecule has 3 nitrogen and oxygen atoms in total. The molecule has 0 saturated carbocycles. The van der Waals surface area contributed by atoms with Gasteiger partial charge in [0.05, 0.1) is 0 Å². The topological polar surface area (TPSA) is 30.3 Å². The van der Waals surface area contributed by atoms with Crippen LogP contribution in [-0.4, -0.2) is 47.9 Å². The molecule has 2 aliphatic rings. The third kappa shape index (κ3) is 4.39. The first-order valence-corrected chi connectivity index (χ1v) is 9.84. The van der Waals surface area contributed by atoms with E-state index in [0.29, 0.717) is 0 Å². The molecule has 0 aliphatic carbocycles. The molecule has 2 heterocycles. The predicted molar refractivity (Wildman–Crippen MR) is 113 cm³/mol. The molecule has 1 N–H and O–H groups in total. The Balaban J connectivity index is 0.00000196. The van der Waals surface area contributed by atoms with Crippen LogP contribution in [0.5, 0.6) is 0 Å². The van der Waals surface area contributed by atoms with E-state index in [-0.39, 0.29) is 12.4 Å². The Morgan fingerprint density at radius 3 is 2.31 bits per heavy atom. The van der Waals surface area contributed by atoms with E-state index in [1.165, 1.54) is 61.5 Å². The van der Waals surface area contributed by atoms with Crippen LogP contribution in [0.2, 0.25) is 0 Å². The second-order valence-electron chi connectivity index (χ2n) is 7.62. The summed E-state index contributed by atoms with van der Waals surface area (Å²) in [7, 11) is 0. The molecule has 4 heteroatoms. The minimum absolute atomic E-state index is 0. The number of piperidine rings is 2. The summed E-state index contributed by atoms with van der Waals surface area (Å²) in [6, 6.07) is 15.8. The molecule has 26 heavy (non-hydrogen) atoms. The van der Waals surface area contributed by atoms with E-state index in [9.17, 15) is 0 Å². The van der Waals surface area contributed by atoms with Crippen molar-refractivity contribution in [1.29, 1.82) is 5.41 Å². The molecule has 2 aliphatic heterocycles. The highest BCUT2D eigenvalue weighted by Gasteiger charge is 2.26. The van der Waals surface area contributed by atoms with Crippen LogP contribution in [0.4, 0.5) is 0 Å². The Morgan fingerprint density at radius 2 is 1.58 bits per heavy atom. The van der Waals surface area contributed by atoms with Gasteiger partial charge in [0.25, 0.3) is 0 Å². The van der Waals surface area contributed by atoms with Crippen molar-refractivity contribution in [2.75, 3.05) is 26.2 Å². The van der Waals surface area contributed by atoms with Crippen molar-refractivity contribution >= 4 is 29.0 Å². The van der Waals surface area contributed by atoms with Gasteiger partial charge in [-0.05, 0) is 55.1 Å². The molecule has 4 rings (SSSR count). The molecule has 2 aromatic carbocycles. The van der Waals surface area contributed by atoms with Gasteiger partial charge in [-0.25, -0.2) is 0 Å². The van der Waals surface area contributed by atoms with Gasteiger partial charge >= 0.3 is 0 Å². The summed E-state index contributed by atoms with van der Waals surface area (Å²) in [6.45, 7) is 4.68. The quantitative estimate of drug-likeness (QED) is 0.624. The first kappa shape index (κ1) is 19.2. The summed E-state index contributed by atoms with van der Waals surface area (Å²) in [4.78, 5) is 5.00. The van der Waals surface area contributed by atoms with Gasteiger partial charge in [-0.15, -0.1) is 12.4 Å². The maximum atomic E-state index is 8.55. The Hall–Kier alpha value is -1.58. The van der Waals surface area contributed by atoms with Crippen LogP contribution in [0.15, 0.2) is 42.5 Å². The van der Waals surface area contributed by atoms with Gasteiger partial charge in [-0.1, -0.05) is 48.9 Å². The number of hydrogen-bond donors (Lipinski definition) is 1. The minimum atomic E-state index is 0. The largest absolute Gasteiger partial charge is 0.360 e. The fourth-order valence-electron chi connectivity index (χ4n) is 4.44.